The summed E-state index contributed by atoms with van der Waals surface area (Å²) in [5.41, 5.74) is 3.79. The number of benzene rings is 2. The zero-order valence-corrected chi connectivity index (χ0v) is 20.4. The number of aromatic amines is 1. The van der Waals surface area contributed by atoms with Crippen molar-refractivity contribution in [2.24, 2.45) is 0 Å². The lowest BCUT2D eigenvalue weighted by atomic mass is 9.95. The summed E-state index contributed by atoms with van der Waals surface area (Å²) < 4.78 is 7.32. The molecule has 0 radical (unpaired) electrons. The minimum Gasteiger partial charge on any atom is -0.497 e. The quantitative estimate of drug-likeness (QED) is 0.405. The molecule has 8 heteroatoms. The summed E-state index contributed by atoms with van der Waals surface area (Å²) in [5, 5.41) is 13.8. The second-order valence-corrected chi connectivity index (χ2v) is 9.54. The maximum Gasteiger partial charge on any atom is 0.252 e. The van der Waals surface area contributed by atoms with Gasteiger partial charge in [0.25, 0.3) is 5.56 Å². The molecule has 4 aromatic rings. The molecule has 1 aliphatic carbocycles. The van der Waals surface area contributed by atoms with E-state index >= 15 is 0 Å². The largest absolute Gasteiger partial charge is 0.497 e. The standard InChI is InChI=1S/C27H32N6O2/c1-19-8-11-21-15-22(27(34)28-25(21)14-19)17-32(16-20-9-12-24(35-2)13-10-20)18-26-29-30-31-33(26)23-6-4-3-5-7-23/h8-15,23H,3-7,16-18H2,1-2H3,(H,28,34). The van der Waals surface area contributed by atoms with Gasteiger partial charge < -0.3 is 9.72 Å². The van der Waals surface area contributed by atoms with Crippen molar-refractivity contribution in [1.82, 2.24) is 30.1 Å². The van der Waals surface area contributed by atoms with E-state index in [0.717, 1.165) is 52.0 Å². The average Bonchev–Trinajstić information content (AvgIpc) is 3.33. The van der Waals surface area contributed by atoms with Crippen molar-refractivity contribution in [2.75, 3.05) is 7.11 Å². The first-order valence-electron chi connectivity index (χ1n) is 12.3. The van der Waals surface area contributed by atoms with Gasteiger partial charge in [0.05, 0.1) is 19.7 Å². The SMILES string of the molecule is COc1ccc(CN(Cc2cc3ccc(C)cc3[nH]c2=O)Cc2nnnn2C2CCCCC2)cc1. The molecule has 35 heavy (non-hydrogen) atoms. The Morgan fingerprint density at radius 3 is 2.60 bits per heavy atom. The zero-order chi connectivity index (χ0) is 24.2. The lowest BCUT2D eigenvalue weighted by molar-refractivity contribution is 0.225. The molecule has 1 aliphatic rings. The van der Waals surface area contributed by atoms with Gasteiger partial charge in [0.15, 0.2) is 5.82 Å². The van der Waals surface area contributed by atoms with Crippen LogP contribution in [0.4, 0.5) is 0 Å². The number of fused-ring (bicyclic) bond motifs is 1. The molecule has 0 atom stereocenters. The van der Waals surface area contributed by atoms with Crippen molar-refractivity contribution in [3.8, 4) is 5.75 Å². The average molecular weight is 473 g/mol. The third kappa shape index (κ3) is 5.43. The van der Waals surface area contributed by atoms with E-state index < -0.39 is 0 Å². The fourth-order valence-corrected chi connectivity index (χ4v) is 5.00. The highest BCUT2D eigenvalue weighted by atomic mass is 16.5. The normalized spacial score (nSPS) is 14.6. The summed E-state index contributed by atoms with van der Waals surface area (Å²) in [6.45, 7) is 3.73. The van der Waals surface area contributed by atoms with Crippen molar-refractivity contribution in [2.45, 2.75) is 64.7 Å². The molecule has 1 fully saturated rings. The van der Waals surface area contributed by atoms with Crippen LogP contribution in [0, 0.1) is 6.92 Å². The maximum absolute atomic E-state index is 13.0. The van der Waals surface area contributed by atoms with Crippen molar-refractivity contribution < 1.29 is 4.74 Å². The minimum absolute atomic E-state index is 0.0605. The molecule has 2 aromatic carbocycles. The molecule has 0 bridgehead atoms. The molecule has 8 nitrogen and oxygen atoms in total. The van der Waals surface area contributed by atoms with Gasteiger partial charge in [-0.3, -0.25) is 9.69 Å². The van der Waals surface area contributed by atoms with Crippen LogP contribution in [0.25, 0.3) is 10.9 Å². The Balaban J connectivity index is 1.44. The van der Waals surface area contributed by atoms with Gasteiger partial charge in [-0.25, -0.2) is 4.68 Å². The van der Waals surface area contributed by atoms with Crippen LogP contribution in [0.5, 0.6) is 5.75 Å². The van der Waals surface area contributed by atoms with Gasteiger partial charge in [0, 0.05) is 24.2 Å². The van der Waals surface area contributed by atoms with E-state index in [2.05, 4.69) is 49.7 Å². The van der Waals surface area contributed by atoms with Crippen LogP contribution in [0.2, 0.25) is 0 Å². The second kappa shape index (κ2) is 10.4. The number of hydrogen-bond acceptors (Lipinski definition) is 6. The number of H-pyrrole nitrogens is 1. The maximum atomic E-state index is 13.0. The summed E-state index contributed by atoms with van der Waals surface area (Å²) in [7, 11) is 1.67. The number of ether oxygens (including phenoxy) is 1. The molecule has 2 aromatic heterocycles. The monoisotopic (exact) mass is 472 g/mol. The predicted molar refractivity (Wildman–Crippen MR) is 135 cm³/mol. The predicted octanol–water partition coefficient (Wildman–Crippen LogP) is 4.54. The molecule has 1 N–H and O–H groups in total. The Morgan fingerprint density at radius 2 is 1.83 bits per heavy atom. The van der Waals surface area contributed by atoms with E-state index in [4.69, 9.17) is 4.74 Å². The number of aryl methyl sites for hydroxylation is 1. The Hall–Kier alpha value is -3.52. The van der Waals surface area contributed by atoms with Crippen LogP contribution in [0.1, 0.15) is 60.7 Å². The number of hydrogen-bond donors (Lipinski definition) is 1. The van der Waals surface area contributed by atoms with Crippen LogP contribution in [0.15, 0.2) is 53.3 Å². The van der Waals surface area contributed by atoms with Crippen LogP contribution >= 0.6 is 0 Å². The van der Waals surface area contributed by atoms with Gasteiger partial charge in [-0.2, -0.15) is 0 Å². The number of nitrogens with one attached hydrogen (secondary N) is 1. The van der Waals surface area contributed by atoms with Crippen molar-refractivity contribution in [3.05, 3.63) is 81.4 Å². The summed E-state index contributed by atoms with van der Waals surface area (Å²) >= 11 is 0. The Bertz CT molecular complexity index is 1340. The highest BCUT2D eigenvalue weighted by Crippen LogP contribution is 2.28. The van der Waals surface area contributed by atoms with Crippen molar-refractivity contribution in [3.63, 3.8) is 0 Å². The van der Waals surface area contributed by atoms with Crippen LogP contribution < -0.4 is 10.3 Å². The number of rotatable bonds is 8. The topological polar surface area (TPSA) is 88.9 Å². The highest BCUT2D eigenvalue weighted by molar-refractivity contribution is 5.79. The number of tetrazole rings is 1. The Morgan fingerprint density at radius 1 is 1.03 bits per heavy atom. The number of nitrogens with zero attached hydrogens (tertiary/aromatic N) is 5. The van der Waals surface area contributed by atoms with E-state index in [0.29, 0.717) is 25.7 Å². The van der Waals surface area contributed by atoms with E-state index in [1.54, 1.807) is 7.11 Å². The minimum atomic E-state index is -0.0605. The smallest absolute Gasteiger partial charge is 0.252 e. The first kappa shape index (κ1) is 23.2. The van der Waals surface area contributed by atoms with Crippen molar-refractivity contribution >= 4 is 10.9 Å². The van der Waals surface area contributed by atoms with Gasteiger partial charge in [0.1, 0.15) is 5.75 Å². The molecular formula is C27H32N6O2. The third-order valence-corrected chi connectivity index (χ3v) is 6.88. The van der Waals surface area contributed by atoms with Gasteiger partial charge in [0.2, 0.25) is 0 Å². The van der Waals surface area contributed by atoms with E-state index in [-0.39, 0.29) is 5.56 Å². The molecule has 0 amide bonds. The van der Waals surface area contributed by atoms with Gasteiger partial charge in [-0.15, -0.1) is 5.10 Å². The number of methoxy groups -OCH3 is 1. The molecule has 2 heterocycles. The van der Waals surface area contributed by atoms with E-state index in [1.165, 1.54) is 19.3 Å². The molecular weight excluding hydrogens is 440 g/mol. The third-order valence-electron chi connectivity index (χ3n) is 6.88. The van der Waals surface area contributed by atoms with Gasteiger partial charge >= 0.3 is 0 Å². The van der Waals surface area contributed by atoms with Gasteiger partial charge in [-0.05, 0) is 71.0 Å². The number of aromatic nitrogens is 5. The molecule has 0 spiro atoms. The molecule has 0 aliphatic heterocycles. The molecule has 0 saturated heterocycles. The highest BCUT2D eigenvalue weighted by Gasteiger charge is 2.22. The summed E-state index contributed by atoms with van der Waals surface area (Å²) in [4.78, 5) is 18.3. The zero-order valence-electron chi connectivity index (χ0n) is 20.4. The van der Waals surface area contributed by atoms with E-state index in [9.17, 15) is 4.79 Å². The lowest BCUT2D eigenvalue weighted by Gasteiger charge is -2.25. The lowest BCUT2D eigenvalue weighted by Crippen LogP contribution is -2.29. The molecule has 5 rings (SSSR count). The fourth-order valence-electron chi connectivity index (χ4n) is 5.00. The van der Waals surface area contributed by atoms with E-state index in [1.807, 2.05) is 35.9 Å². The van der Waals surface area contributed by atoms with Gasteiger partial charge in [-0.1, -0.05) is 43.5 Å². The van der Waals surface area contributed by atoms with Crippen LogP contribution in [-0.2, 0) is 19.6 Å². The Labute approximate surface area is 204 Å². The molecule has 182 valence electrons. The number of pyridine rings is 1. The fraction of sp³-hybridized carbons (Fsp3) is 0.407. The van der Waals surface area contributed by atoms with Crippen LogP contribution in [0.3, 0.4) is 0 Å². The summed E-state index contributed by atoms with van der Waals surface area (Å²) in [5.74, 6) is 1.67. The Kier molecular flexibility index (Phi) is 6.90. The second-order valence-electron chi connectivity index (χ2n) is 9.54. The summed E-state index contributed by atoms with van der Waals surface area (Å²) in [6.07, 6.45) is 5.93. The van der Waals surface area contributed by atoms with Crippen LogP contribution in [-0.4, -0.2) is 37.2 Å². The molecule has 1 saturated carbocycles. The first-order valence-corrected chi connectivity index (χ1v) is 12.3. The first-order chi connectivity index (χ1) is 17.1. The van der Waals surface area contributed by atoms with Crippen molar-refractivity contribution in [1.29, 1.82) is 0 Å². The molecule has 0 unspecified atom stereocenters. The summed E-state index contributed by atoms with van der Waals surface area (Å²) in [6, 6.07) is 16.5.